The molecule has 0 atom stereocenters. The van der Waals surface area contributed by atoms with Crippen LogP contribution in [0.2, 0.25) is 0 Å². The number of aromatic nitrogens is 1. The molecule has 0 saturated carbocycles. The number of benzene rings is 9. The van der Waals surface area contributed by atoms with Crippen molar-refractivity contribution in [3.8, 4) is 33.7 Å². The molecule has 1 heterocycles. The molecule has 244 valence electrons. The predicted molar refractivity (Wildman–Crippen MR) is 218 cm³/mol. The summed E-state index contributed by atoms with van der Waals surface area (Å²) in [5, 5.41) is 6.88. The van der Waals surface area contributed by atoms with Crippen LogP contribution in [0, 0.1) is 0 Å². The molecule has 0 fully saturated rings. The van der Waals surface area contributed by atoms with Crippen LogP contribution in [-0.4, -0.2) is 4.98 Å². The van der Waals surface area contributed by atoms with E-state index in [1.807, 2.05) is 36.4 Å². The quantitative estimate of drug-likeness (QED) is 0.166. The molecule has 0 spiro atoms. The lowest BCUT2D eigenvalue weighted by molar-refractivity contribution is 0.620. The summed E-state index contributed by atoms with van der Waals surface area (Å²) in [5.74, 6) is 0.626. The number of fused-ring (bicyclic) bond motifs is 6. The van der Waals surface area contributed by atoms with Crippen LogP contribution in [0.4, 0.5) is 17.1 Å². The van der Waals surface area contributed by atoms with Gasteiger partial charge in [0.2, 0.25) is 5.89 Å². The average molecular weight is 665 g/mol. The highest BCUT2D eigenvalue weighted by molar-refractivity contribution is 6.19. The maximum atomic E-state index is 6.36. The summed E-state index contributed by atoms with van der Waals surface area (Å²) >= 11 is 0. The van der Waals surface area contributed by atoms with E-state index >= 15 is 0 Å². The minimum absolute atomic E-state index is 0.626. The highest BCUT2D eigenvalue weighted by atomic mass is 16.3. The Morgan fingerprint density at radius 1 is 0.404 bits per heavy atom. The molecular weight excluding hydrogens is 633 g/mol. The van der Waals surface area contributed by atoms with Crippen LogP contribution in [0.15, 0.2) is 199 Å². The van der Waals surface area contributed by atoms with Crippen molar-refractivity contribution in [3.05, 3.63) is 194 Å². The Kier molecular flexibility index (Phi) is 7.14. The SMILES string of the molecule is c1ccc(-c2cccc(N(c3ccc4ccc5ccc6oc(-c7ccccc7)nc6c5c4c3)c3cccc4c(-c5ccccc5)cccc34)c2)cc1. The molecule has 0 unspecified atom stereocenters. The summed E-state index contributed by atoms with van der Waals surface area (Å²) in [4.78, 5) is 7.50. The van der Waals surface area contributed by atoms with Crippen molar-refractivity contribution in [1.82, 2.24) is 4.98 Å². The largest absolute Gasteiger partial charge is 0.436 e. The minimum Gasteiger partial charge on any atom is -0.436 e. The Morgan fingerprint density at radius 2 is 1.02 bits per heavy atom. The Bertz CT molecular complexity index is 2900. The lowest BCUT2D eigenvalue weighted by atomic mass is 9.96. The number of oxazole rings is 1. The molecule has 0 bridgehead atoms. The van der Waals surface area contributed by atoms with E-state index in [1.165, 1.54) is 27.5 Å². The molecule has 3 heteroatoms. The van der Waals surface area contributed by atoms with Gasteiger partial charge in [-0.2, -0.15) is 0 Å². The predicted octanol–water partition coefficient (Wildman–Crippen LogP) is 13.8. The molecule has 1 aromatic heterocycles. The van der Waals surface area contributed by atoms with Gasteiger partial charge in [0, 0.05) is 27.7 Å². The van der Waals surface area contributed by atoms with Crippen molar-refractivity contribution >= 4 is 60.5 Å². The van der Waals surface area contributed by atoms with E-state index < -0.39 is 0 Å². The fourth-order valence-corrected chi connectivity index (χ4v) is 7.60. The first-order valence-corrected chi connectivity index (χ1v) is 17.6. The summed E-state index contributed by atoms with van der Waals surface area (Å²) in [5.41, 5.74) is 10.6. The van der Waals surface area contributed by atoms with Crippen LogP contribution in [0.1, 0.15) is 0 Å². The molecule has 9 aromatic carbocycles. The van der Waals surface area contributed by atoms with Crippen molar-refractivity contribution in [2.45, 2.75) is 0 Å². The third-order valence-corrected chi connectivity index (χ3v) is 10.1. The van der Waals surface area contributed by atoms with Gasteiger partial charge in [-0.1, -0.05) is 146 Å². The van der Waals surface area contributed by atoms with E-state index in [-0.39, 0.29) is 0 Å². The first-order chi connectivity index (χ1) is 25.8. The molecule has 52 heavy (non-hydrogen) atoms. The summed E-state index contributed by atoms with van der Waals surface area (Å²) in [6.45, 7) is 0. The zero-order valence-corrected chi connectivity index (χ0v) is 28.3. The number of anilines is 3. The maximum Gasteiger partial charge on any atom is 0.227 e. The van der Waals surface area contributed by atoms with Gasteiger partial charge in [0.1, 0.15) is 5.52 Å². The molecule has 0 amide bonds. The summed E-state index contributed by atoms with van der Waals surface area (Å²) in [6.07, 6.45) is 0. The molecule has 0 radical (unpaired) electrons. The van der Waals surface area contributed by atoms with Gasteiger partial charge in [0.25, 0.3) is 0 Å². The summed E-state index contributed by atoms with van der Waals surface area (Å²) < 4.78 is 6.36. The topological polar surface area (TPSA) is 29.3 Å². The van der Waals surface area contributed by atoms with Crippen molar-refractivity contribution < 1.29 is 4.42 Å². The normalized spacial score (nSPS) is 11.5. The average Bonchev–Trinajstić information content (AvgIpc) is 3.67. The minimum atomic E-state index is 0.626. The zero-order valence-electron chi connectivity index (χ0n) is 28.3. The Labute approximate surface area is 301 Å². The van der Waals surface area contributed by atoms with Crippen LogP contribution in [0.3, 0.4) is 0 Å². The zero-order chi connectivity index (χ0) is 34.4. The van der Waals surface area contributed by atoms with E-state index in [0.717, 1.165) is 60.8 Å². The van der Waals surface area contributed by atoms with Gasteiger partial charge in [0.05, 0.1) is 5.69 Å². The van der Waals surface area contributed by atoms with E-state index in [9.17, 15) is 0 Å². The van der Waals surface area contributed by atoms with Crippen molar-refractivity contribution in [1.29, 1.82) is 0 Å². The van der Waals surface area contributed by atoms with Gasteiger partial charge < -0.3 is 9.32 Å². The van der Waals surface area contributed by atoms with E-state index in [1.54, 1.807) is 0 Å². The molecule has 10 rings (SSSR count). The van der Waals surface area contributed by atoms with Gasteiger partial charge in [-0.05, 0) is 92.3 Å². The van der Waals surface area contributed by atoms with Gasteiger partial charge in [-0.25, -0.2) is 4.98 Å². The number of hydrogen-bond donors (Lipinski definition) is 0. The smallest absolute Gasteiger partial charge is 0.227 e. The van der Waals surface area contributed by atoms with Gasteiger partial charge in [-0.15, -0.1) is 0 Å². The molecule has 10 aromatic rings. The van der Waals surface area contributed by atoms with Crippen molar-refractivity contribution in [3.63, 3.8) is 0 Å². The molecule has 0 aliphatic carbocycles. The standard InChI is InChI=1S/C49H32N2O/c1-4-13-33(14-5-1)38-19-10-20-39(31-38)51(45-24-12-22-42-41(21-11-23-43(42)45)34-15-6-2-7-16-34)40-29-27-35-25-26-36-28-30-46-48(47(36)44(35)32-40)50-49(52-46)37-17-8-3-9-18-37/h1-32H. The Hall–Kier alpha value is -6.97. The third-order valence-electron chi connectivity index (χ3n) is 10.1. The highest BCUT2D eigenvalue weighted by Crippen LogP contribution is 2.44. The van der Waals surface area contributed by atoms with E-state index in [4.69, 9.17) is 9.40 Å². The maximum absolute atomic E-state index is 6.36. The van der Waals surface area contributed by atoms with Crippen LogP contribution < -0.4 is 4.90 Å². The van der Waals surface area contributed by atoms with E-state index in [0.29, 0.717) is 5.89 Å². The second kappa shape index (κ2) is 12.4. The van der Waals surface area contributed by atoms with Gasteiger partial charge >= 0.3 is 0 Å². The Morgan fingerprint density at radius 3 is 1.83 bits per heavy atom. The second-order valence-electron chi connectivity index (χ2n) is 13.2. The molecule has 0 saturated heterocycles. The fourth-order valence-electron chi connectivity index (χ4n) is 7.60. The van der Waals surface area contributed by atoms with Gasteiger partial charge in [0.15, 0.2) is 5.58 Å². The van der Waals surface area contributed by atoms with Crippen LogP contribution in [-0.2, 0) is 0 Å². The summed E-state index contributed by atoms with van der Waals surface area (Å²) in [7, 11) is 0. The lowest BCUT2D eigenvalue weighted by Crippen LogP contribution is -2.10. The second-order valence-corrected chi connectivity index (χ2v) is 13.2. The van der Waals surface area contributed by atoms with Crippen LogP contribution in [0.25, 0.3) is 77.1 Å². The van der Waals surface area contributed by atoms with Crippen LogP contribution in [0.5, 0.6) is 0 Å². The number of hydrogen-bond acceptors (Lipinski definition) is 3. The van der Waals surface area contributed by atoms with Crippen molar-refractivity contribution in [2.24, 2.45) is 0 Å². The molecule has 0 aliphatic heterocycles. The lowest BCUT2D eigenvalue weighted by Gasteiger charge is -2.28. The molecule has 0 N–H and O–H groups in total. The number of rotatable bonds is 6. The van der Waals surface area contributed by atoms with Gasteiger partial charge in [-0.3, -0.25) is 0 Å². The number of nitrogens with zero attached hydrogens (tertiary/aromatic N) is 2. The van der Waals surface area contributed by atoms with Crippen molar-refractivity contribution in [2.75, 3.05) is 4.90 Å². The third kappa shape index (κ3) is 5.10. The first kappa shape index (κ1) is 29.9. The van der Waals surface area contributed by atoms with E-state index in [2.05, 4.69) is 163 Å². The molecule has 0 aliphatic rings. The molecule has 3 nitrogen and oxygen atoms in total. The monoisotopic (exact) mass is 664 g/mol. The molecular formula is C49H32N2O. The fraction of sp³-hybridized carbons (Fsp3) is 0. The Balaban J connectivity index is 1.23. The van der Waals surface area contributed by atoms with Crippen LogP contribution >= 0.6 is 0 Å². The summed E-state index contributed by atoms with van der Waals surface area (Å²) in [6, 6.07) is 68.9. The highest BCUT2D eigenvalue weighted by Gasteiger charge is 2.20. The first-order valence-electron chi connectivity index (χ1n) is 17.6.